The van der Waals surface area contributed by atoms with Gasteiger partial charge in [-0.15, -0.1) is 0 Å². The molecular weight excluding hydrogens is 212 g/mol. The largest absolute Gasteiger partial charge is 0.478 e. The normalized spacial score (nSPS) is 17.2. The minimum Gasteiger partial charge on any atom is -0.478 e. The lowest BCUT2D eigenvalue weighted by molar-refractivity contribution is -0.131. The van der Waals surface area contributed by atoms with Gasteiger partial charge in [0.25, 0.3) is 0 Å². The Bertz CT molecular complexity index is 490. The molecule has 1 aromatic carbocycles. The molecule has 2 heteroatoms. The summed E-state index contributed by atoms with van der Waals surface area (Å²) in [6.45, 7) is 6.51. The highest BCUT2D eigenvalue weighted by molar-refractivity contribution is 5.91. The number of allylic oxidation sites excluding steroid dienone is 1. The third-order valence-electron chi connectivity index (χ3n) is 3.28. The van der Waals surface area contributed by atoms with Crippen molar-refractivity contribution in [3.63, 3.8) is 0 Å². The highest BCUT2D eigenvalue weighted by atomic mass is 16.4. The molecule has 0 atom stereocenters. The van der Waals surface area contributed by atoms with Gasteiger partial charge in [0.15, 0.2) is 0 Å². The van der Waals surface area contributed by atoms with Crippen molar-refractivity contribution in [2.75, 3.05) is 0 Å². The van der Waals surface area contributed by atoms with Crippen molar-refractivity contribution < 1.29 is 9.90 Å². The molecule has 2 nitrogen and oxygen atoms in total. The van der Waals surface area contributed by atoms with Crippen LogP contribution >= 0.6 is 0 Å². The number of aliphatic carboxylic acids is 1. The van der Waals surface area contributed by atoms with Crippen LogP contribution < -0.4 is 0 Å². The number of carboxylic acids is 1. The molecule has 0 fully saturated rings. The first-order valence-corrected chi connectivity index (χ1v) is 5.95. The maximum absolute atomic E-state index is 10.8. The third-order valence-corrected chi connectivity index (χ3v) is 3.28. The lowest BCUT2D eigenvalue weighted by Gasteiger charge is -2.20. The Labute approximate surface area is 102 Å². The fraction of sp³-hybridized carbons (Fsp3) is 0.400. The van der Waals surface area contributed by atoms with Crippen LogP contribution in [0.5, 0.6) is 0 Å². The molecular formula is C15H18O2. The zero-order valence-electron chi connectivity index (χ0n) is 10.6. The van der Waals surface area contributed by atoms with E-state index in [1.807, 2.05) is 0 Å². The van der Waals surface area contributed by atoms with Crippen LogP contribution in [0, 0.1) is 0 Å². The van der Waals surface area contributed by atoms with Crippen molar-refractivity contribution in [1.82, 2.24) is 0 Å². The minimum atomic E-state index is -0.853. The van der Waals surface area contributed by atoms with Crippen LogP contribution in [-0.2, 0) is 16.6 Å². The molecule has 0 aliphatic heterocycles. The van der Waals surface area contributed by atoms with E-state index in [-0.39, 0.29) is 5.41 Å². The molecule has 0 unspecified atom stereocenters. The van der Waals surface area contributed by atoms with Crippen LogP contribution in [0.1, 0.15) is 43.9 Å². The molecule has 0 saturated carbocycles. The highest BCUT2D eigenvalue weighted by Crippen LogP contribution is 2.35. The third kappa shape index (κ3) is 2.41. The average molecular weight is 230 g/mol. The molecule has 1 N–H and O–H groups in total. The van der Waals surface area contributed by atoms with Gasteiger partial charge in [0.2, 0.25) is 0 Å². The Hall–Kier alpha value is -1.57. The Balaban J connectivity index is 2.48. The summed E-state index contributed by atoms with van der Waals surface area (Å²) in [5, 5.41) is 8.85. The average Bonchev–Trinajstić information content (AvgIpc) is 2.59. The van der Waals surface area contributed by atoms with Gasteiger partial charge < -0.3 is 5.11 Å². The predicted octanol–water partition coefficient (Wildman–Crippen LogP) is 3.40. The van der Waals surface area contributed by atoms with E-state index in [0.717, 1.165) is 24.0 Å². The van der Waals surface area contributed by atoms with Gasteiger partial charge in [0, 0.05) is 6.08 Å². The molecule has 17 heavy (non-hydrogen) atoms. The number of benzene rings is 1. The molecule has 1 aromatic rings. The SMILES string of the molecule is CC(C)(C)c1ccc2c(c1)C(=CC(=O)O)CC2. The molecule has 0 radical (unpaired) electrons. The van der Waals surface area contributed by atoms with Gasteiger partial charge in [0.05, 0.1) is 0 Å². The zero-order valence-corrected chi connectivity index (χ0v) is 10.6. The molecule has 90 valence electrons. The van der Waals surface area contributed by atoms with E-state index >= 15 is 0 Å². The number of hydrogen-bond donors (Lipinski definition) is 1. The van der Waals surface area contributed by atoms with Crippen molar-refractivity contribution in [1.29, 1.82) is 0 Å². The number of fused-ring (bicyclic) bond motifs is 1. The van der Waals surface area contributed by atoms with Crippen LogP contribution in [0.2, 0.25) is 0 Å². The molecule has 0 saturated heterocycles. The number of carboxylic acid groups (broad SMARTS) is 1. The summed E-state index contributed by atoms with van der Waals surface area (Å²) in [4.78, 5) is 10.8. The summed E-state index contributed by atoms with van der Waals surface area (Å²) < 4.78 is 0. The summed E-state index contributed by atoms with van der Waals surface area (Å²) in [5.74, 6) is -0.853. The smallest absolute Gasteiger partial charge is 0.328 e. The topological polar surface area (TPSA) is 37.3 Å². The van der Waals surface area contributed by atoms with Crippen molar-refractivity contribution >= 4 is 11.5 Å². The fourth-order valence-corrected chi connectivity index (χ4v) is 2.26. The molecule has 1 aliphatic rings. The van der Waals surface area contributed by atoms with Crippen LogP contribution in [0.15, 0.2) is 24.3 Å². The van der Waals surface area contributed by atoms with E-state index in [1.165, 1.54) is 17.2 Å². The van der Waals surface area contributed by atoms with Crippen LogP contribution in [-0.4, -0.2) is 11.1 Å². The number of rotatable bonds is 1. The molecule has 0 aromatic heterocycles. The Morgan fingerprint density at radius 3 is 2.59 bits per heavy atom. The first-order chi connectivity index (χ1) is 7.88. The summed E-state index contributed by atoms with van der Waals surface area (Å²) in [6.07, 6.45) is 3.15. The van der Waals surface area contributed by atoms with E-state index < -0.39 is 5.97 Å². The molecule has 1 aliphatic carbocycles. The van der Waals surface area contributed by atoms with Gasteiger partial charge in [0.1, 0.15) is 0 Å². The van der Waals surface area contributed by atoms with E-state index in [0.29, 0.717) is 0 Å². The van der Waals surface area contributed by atoms with Gasteiger partial charge in [-0.1, -0.05) is 39.0 Å². The highest BCUT2D eigenvalue weighted by Gasteiger charge is 2.21. The number of carbonyl (C=O) groups is 1. The summed E-state index contributed by atoms with van der Waals surface area (Å²) in [5.41, 5.74) is 4.71. The van der Waals surface area contributed by atoms with Gasteiger partial charge in [-0.3, -0.25) is 0 Å². The molecule has 0 spiro atoms. The Kier molecular flexibility index (Phi) is 2.82. The van der Waals surface area contributed by atoms with Crippen molar-refractivity contribution in [3.8, 4) is 0 Å². The fourth-order valence-electron chi connectivity index (χ4n) is 2.26. The monoisotopic (exact) mass is 230 g/mol. The molecule has 0 bridgehead atoms. The lowest BCUT2D eigenvalue weighted by Crippen LogP contribution is -2.11. The van der Waals surface area contributed by atoms with Gasteiger partial charge in [-0.2, -0.15) is 0 Å². The number of hydrogen-bond acceptors (Lipinski definition) is 1. The van der Waals surface area contributed by atoms with Gasteiger partial charge in [-0.25, -0.2) is 4.79 Å². The van der Waals surface area contributed by atoms with Crippen LogP contribution in [0.4, 0.5) is 0 Å². The maximum atomic E-state index is 10.8. The molecule has 0 heterocycles. The summed E-state index contributed by atoms with van der Waals surface area (Å²) in [7, 11) is 0. The zero-order chi connectivity index (χ0) is 12.6. The first-order valence-electron chi connectivity index (χ1n) is 5.95. The molecule has 2 rings (SSSR count). The van der Waals surface area contributed by atoms with Crippen molar-refractivity contribution in [3.05, 3.63) is 41.0 Å². The first kappa shape index (κ1) is 11.9. The second-order valence-corrected chi connectivity index (χ2v) is 5.63. The predicted molar refractivity (Wildman–Crippen MR) is 69.1 cm³/mol. The Morgan fingerprint density at radius 1 is 1.29 bits per heavy atom. The van der Waals surface area contributed by atoms with E-state index in [9.17, 15) is 4.79 Å². The lowest BCUT2D eigenvalue weighted by atomic mass is 9.85. The summed E-state index contributed by atoms with van der Waals surface area (Å²) >= 11 is 0. The van der Waals surface area contributed by atoms with Gasteiger partial charge in [-0.05, 0) is 40.5 Å². The van der Waals surface area contributed by atoms with Crippen LogP contribution in [0.3, 0.4) is 0 Å². The standard InChI is InChI=1S/C15H18O2/c1-15(2,3)12-7-6-10-4-5-11(8-14(16)17)13(10)9-12/h6-9H,4-5H2,1-3H3,(H,16,17). The quantitative estimate of drug-likeness (QED) is 0.751. The number of aryl methyl sites for hydroxylation is 1. The second-order valence-electron chi connectivity index (χ2n) is 5.63. The molecule has 0 amide bonds. The second kappa shape index (κ2) is 4.02. The van der Waals surface area contributed by atoms with E-state index in [1.54, 1.807) is 0 Å². The van der Waals surface area contributed by atoms with Crippen molar-refractivity contribution in [2.45, 2.75) is 39.0 Å². The van der Waals surface area contributed by atoms with Gasteiger partial charge >= 0.3 is 5.97 Å². The summed E-state index contributed by atoms with van der Waals surface area (Å²) in [6, 6.07) is 6.44. The van der Waals surface area contributed by atoms with E-state index in [2.05, 4.69) is 39.0 Å². The van der Waals surface area contributed by atoms with E-state index in [4.69, 9.17) is 5.11 Å². The Morgan fingerprint density at radius 2 is 2.00 bits per heavy atom. The van der Waals surface area contributed by atoms with Crippen molar-refractivity contribution in [2.24, 2.45) is 0 Å². The minimum absolute atomic E-state index is 0.103. The van der Waals surface area contributed by atoms with Crippen LogP contribution in [0.25, 0.3) is 5.57 Å². The maximum Gasteiger partial charge on any atom is 0.328 e.